The van der Waals surface area contributed by atoms with Crippen LogP contribution in [0.5, 0.6) is 5.75 Å². The molecule has 0 saturated heterocycles. The Kier molecular flexibility index (Phi) is 7.40. The molecule has 3 aliphatic rings. The van der Waals surface area contributed by atoms with E-state index in [1.807, 2.05) is 0 Å². The summed E-state index contributed by atoms with van der Waals surface area (Å²) in [6.45, 7) is 18.2. The van der Waals surface area contributed by atoms with Crippen LogP contribution in [0.2, 0.25) is 18.1 Å². The Morgan fingerprint density at radius 3 is 2.62 bits per heavy atom. The van der Waals surface area contributed by atoms with Gasteiger partial charge >= 0.3 is 0 Å². The fourth-order valence-corrected chi connectivity index (χ4v) is 8.35. The van der Waals surface area contributed by atoms with E-state index in [4.69, 9.17) is 16.0 Å². The van der Waals surface area contributed by atoms with Gasteiger partial charge in [0.2, 0.25) is 8.32 Å². The van der Waals surface area contributed by atoms with Gasteiger partial charge in [0.15, 0.2) is 0 Å². The first-order valence-corrected chi connectivity index (χ1v) is 17.0. The predicted octanol–water partition coefficient (Wildman–Crippen LogP) is 9.46. The summed E-state index contributed by atoms with van der Waals surface area (Å²) in [5, 5.41) is 0.154. The van der Waals surface area contributed by atoms with E-state index in [1.54, 1.807) is 0 Å². The lowest BCUT2D eigenvalue weighted by molar-refractivity contribution is -0.0120. The van der Waals surface area contributed by atoms with Crippen LogP contribution in [0.15, 0.2) is 30.4 Å². The average molecular weight is 505 g/mol. The zero-order chi connectivity index (χ0) is 24.9. The summed E-state index contributed by atoms with van der Waals surface area (Å²) in [4.78, 5) is 0. The van der Waals surface area contributed by atoms with Crippen LogP contribution in [0.3, 0.4) is 0 Å². The highest BCUT2D eigenvalue weighted by Crippen LogP contribution is 2.64. The van der Waals surface area contributed by atoms with Crippen LogP contribution in [-0.2, 0) is 6.42 Å². The minimum absolute atomic E-state index is 0.0210. The lowest BCUT2D eigenvalue weighted by atomic mass is 9.51. The summed E-state index contributed by atoms with van der Waals surface area (Å²) in [6.07, 6.45) is 7.77. The largest absolute Gasteiger partial charge is 0.543 e. The van der Waals surface area contributed by atoms with Crippen molar-refractivity contribution in [3.8, 4) is 5.75 Å². The molecule has 4 rings (SSSR count). The molecular formula is C30H46ClFOSi. The lowest BCUT2D eigenvalue weighted by Gasteiger charge is -2.54. The van der Waals surface area contributed by atoms with E-state index in [0.29, 0.717) is 24.2 Å². The van der Waals surface area contributed by atoms with Crippen molar-refractivity contribution < 1.29 is 8.82 Å². The van der Waals surface area contributed by atoms with Crippen LogP contribution < -0.4 is 4.43 Å². The van der Waals surface area contributed by atoms with Gasteiger partial charge in [0.25, 0.3) is 0 Å². The fourth-order valence-electron chi connectivity index (χ4n) is 7.14. The second-order valence-corrected chi connectivity index (χ2v) is 18.3. The third-order valence-electron chi connectivity index (χ3n) is 10.2. The predicted molar refractivity (Wildman–Crippen MR) is 146 cm³/mol. The first-order valence-electron chi connectivity index (χ1n) is 13.6. The number of alkyl halides is 2. The van der Waals surface area contributed by atoms with Crippen LogP contribution in [0.4, 0.5) is 4.39 Å². The monoisotopic (exact) mass is 504 g/mol. The van der Waals surface area contributed by atoms with E-state index in [2.05, 4.69) is 65.6 Å². The van der Waals surface area contributed by atoms with Gasteiger partial charge in [0.05, 0.1) is 0 Å². The first-order chi connectivity index (χ1) is 15.9. The molecule has 0 aliphatic heterocycles. The van der Waals surface area contributed by atoms with E-state index >= 15 is 4.39 Å². The number of rotatable bonds is 7. The Bertz CT molecular complexity index is 906. The van der Waals surface area contributed by atoms with Crippen LogP contribution in [0.1, 0.15) is 89.7 Å². The molecule has 0 spiro atoms. The van der Waals surface area contributed by atoms with E-state index in [0.717, 1.165) is 30.9 Å². The highest BCUT2D eigenvalue weighted by molar-refractivity contribution is 6.74. The number of benzene rings is 1. The number of halogens is 2. The third kappa shape index (κ3) is 4.65. The summed E-state index contributed by atoms with van der Waals surface area (Å²) in [5.74, 6) is 3.25. The second-order valence-electron chi connectivity index (χ2n) is 13.2. The molecule has 2 saturated carbocycles. The van der Waals surface area contributed by atoms with Crippen molar-refractivity contribution in [3.05, 3.63) is 41.5 Å². The SMILES string of the molecule is C=C1CCC2C3C(CCCCCCl)Cc4cc(O[Si](C)(C)C(C)(C)C)ccc4C3[C@@H](F)C[C@]12C. The molecule has 1 nitrogen and oxygen atoms in total. The molecule has 3 aliphatic carbocycles. The molecule has 0 heterocycles. The Morgan fingerprint density at radius 2 is 1.94 bits per heavy atom. The van der Waals surface area contributed by atoms with E-state index in [1.165, 1.54) is 42.4 Å². The maximum atomic E-state index is 16.1. The Labute approximate surface area is 214 Å². The molecule has 0 N–H and O–H groups in total. The Balaban J connectivity index is 1.68. The number of hydrogen-bond donors (Lipinski definition) is 0. The van der Waals surface area contributed by atoms with Crippen LogP contribution >= 0.6 is 11.6 Å². The van der Waals surface area contributed by atoms with Gasteiger partial charge in [-0.3, -0.25) is 0 Å². The minimum atomic E-state index is -1.92. The van der Waals surface area contributed by atoms with Crippen molar-refractivity contribution >= 4 is 19.9 Å². The maximum absolute atomic E-state index is 16.1. The highest BCUT2D eigenvalue weighted by atomic mass is 35.5. The zero-order valence-electron chi connectivity index (χ0n) is 22.4. The Hall–Kier alpha value is -0.803. The molecular weight excluding hydrogens is 459 g/mol. The minimum Gasteiger partial charge on any atom is -0.543 e. The van der Waals surface area contributed by atoms with Crippen LogP contribution in [0, 0.1) is 23.2 Å². The van der Waals surface area contributed by atoms with E-state index < -0.39 is 14.5 Å². The molecule has 190 valence electrons. The van der Waals surface area contributed by atoms with Crippen LogP contribution in [-0.4, -0.2) is 20.4 Å². The van der Waals surface area contributed by atoms with Crippen molar-refractivity contribution in [1.29, 1.82) is 0 Å². The molecule has 4 heteroatoms. The molecule has 0 amide bonds. The van der Waals surface area contributed by atoms with Crippen molar-refractivity contribution in [1.82, 2.24) is 0 Å². The smallest absolute Gasteiger partial charge is 0.250 e. The molecule has 1 aromatic carbocycles. The molecule has 4 unspecified atom stereocenters. The molecule has 0 aromatic heterocycles. The standard InChI is InChI=1S/C30H46ClFOSi/c1-20-12-15-25-27-21(11-9-8-10-16-31)17-22-18-23(33-34(6,7)29(2,3)4)13-14-24(22)28(27)26(32)19-30(20,25)5/h13-14,18,21,25-28H,1,8-12,15-17,19H2,2-7H3/t21?,25?,26-,27?,28?,30+/m0/s1. The number of unbranched alkanes of at least 4 members (excludes halogenated alkanes) is 2. The molecule has 34 heavy (non-hydrogen) atoms. The van der Waals surface area contributed by atoms with E-state index in [-0.39, 0.29) is 16.4 Å². The maximum Gasteiger partial charge on any atom is 0.250 e. The summed E-state index contributed by atoms with van der Waals surface area (Å²) >= 11 is 5.96. The van der Waals surface area contributed by atoms with Crippen molar-refractivity contribution in [2.45, 2.75) is 109 Å². The van der Waals surface area contributed by atoms with Gasteiger partial charge in [0, 0.05) is 11.8 Å². The topological polar surface area (TPSA) is 9.23 Å². The summed E-state index contributed by atoms with van der Waals surface area (Å²) in [5.41, 5.74) is 3.86. The van der Waals surface area contributed by atoms with E-state index in [9.17, 15) is 0 Å². The van der Waals surface area contributed by atoms with Crippen LogP contribution in [0.25, 0.3) is 0 Å². The van der Waals surface area contributed by atoms with Crippen molar-refractivity contribution in [2.75, 3.05) is 5.88 Å². The highest BCUT2D eigenvalue weighted by Gasteiger charge is 2.58. The third-order valence-corrected chi connectivity index (χ3v) is 14.8. The summed E-state index contributed by atoms with van der Waals surface area (Å²) in [6, 6.07) is 6.62. The quantitative estimate of drug-likeness (QED) is 0.155. The molecule has 1 aromatic rings. The average Bonchev–Trinajstić information content (AvgIpc) is 3.03. The van der Waals surface area contributed by atoms with Gasteiger partial charge in [-0.1, -0.05) is 58.8 Å². The number of hydrogen-bond acceptors (Lipinski definition) is 1. The van der Waals surface area contributed by atoms with Gasteiger partial charge in [0.1, 0.15) is 11.9 Å². The summed E-state index contributed by atoms with van der Waals surface area (Å²) in [7, 11) is -1.92. The van der Waals surface area contributed by atoms with Gasteiger partial charge in [-0.05, 0) is 103 Å². The molecule has 0 radical (unpaired) electrons. The first kappa shape index (κ1) is 26.3. The van der Waals surface area contributed by atoms with Gasteiger partial charge in [-0.2, -0.15) is 0 Å². The molecule has 2 fully saturated rings. The Morgan fingerprint density at radius 1 is 1.21 bits per heavy atom. The second kappa shape index (κ2) is 9.58. The fraction of sp³-hybridized carbons (Fsp3) is 0.733. The van der Waals surface area contributed by atoms with Gasteiger partial charge in [-0.15, -0.1) is 11.6 Å². The lowest BCUT2D eigenvalue weighted by Crippen LogP contribution is -2.49. The zero-order valence-corrected chi connectivity index (χ0v) is 24.1. The normalized spacial score (nSPS) is 33.3. The van der Waals surface area contributed by atoms with Gasteiger partial charge < -0.3 is 4.43 Å². The van der Waals surface area contributed by atoms with Crippen molar-refractivity contribution in [3.63, 3.8) is 0 Å². The van der Waals surface area contributed by atoms with Gasteiger partial charge in [-0.25, -0.2) is 4.39 Å². The summed E-state index contributed by atoms with van der Waals surface area (Å²) < 4.78 is 22.8. The van der Waals surface area contributed by atoms with Crippen molar-refractivity contribution in [2.24, 2.45) is 23.2 Å². The molecule has 0 bridgehead atoms. The molecule has 6 atom stereocenters. The number of allylic oxidation sites excluding steroid dienone is 1. The number of fused-ring (bicyclic) bond motifs is 5.